The molecule has 0 saturated carbocycles. The number of benzene rings is 3. The molecule has 3 aromatic rings. The summed E-state index contributed by atoms with van der Waals surface area (Å²) < 4.78 is 55.9. The number of halogens is 3. The van der Waals surface area contributed by atoms with Crippen LogP contribution in [0.5, 0.6) is 0 Å². The van der Waals surface area contributed by atoms with Crippen LogP contribution in [0.15, 0.2) is 55.6 Å². The van der Waals surface area contributed by atoms with Gasteiger partial charge in [0.1, 0.15) is 0 Å². The van der Waals surface area contributed by atoms with Crippen LogP contribution in [0.25, 0.3) is 27.6 Å². The molecule has 0 aliphatic heterocycles. The molecule has 0 amide bonds. The maximum atomic E-state index is 11.1. The second kappa shape index (κ2) is 12.4. The number of fused-ring (bicyclic) bond motifs is 3. The molecule has 0 fully saturated rings. The molecule has 0 unspecified atom stereocenters. The van der Waals surface area contributed by atoms with Gasteiger partial charge in [-0.15, -0.1) is 24.8 Å². The molecule has 0 N–H and O–H groups in total. The van der Waals surface area contributed by atoms with Gasteiger partial charge in [-0.05, 0) is 0 Å². The molecule has 1 radical (unpaired) electrons. The predicted molar refractivity (Wildman–Crippen MR) is 112 cm³/mol. The van der Waals surface area contributed by atoms with E-state index in [-0.39, 0.29) is 32.7 Å². The van der Waals surface area contributed by atoms with E-state index in [4.69, 9.17) is 0 Å². The summed E-state index contributed by atoms with van der Waals surface area (Å²) in [6.07, 6.45) is 4.90. The van der Waals surface area contributed by atoms with Crippen molar-refractivity contribution in [2.75, 3.05) is 7.11 Å². The minimum absolute atomic E-state index is 0. The number of hydrogen-bond donors (Lipinski definition) is 0. The molecular weight excluding hydrogens is 490 g/mol. The molecule has 0 aliphatic carbocycles. The Labute approximate surface area is 200 Å². The van der Waals surface area contributed by atoms with Crippen LogP contribution in [0.4, 0.5) is 13.2 Å². The fourth-order valence-electron chi connectivity index (χ4n) is 2.58. The Morgan fingerprint density at radius 2 is 1.60 bits per heavy atom. The number of alkyl halides is 3. The average molecular weight is 511 g/mol. The van der Waals surface area contributed by atoms with Gasteiger partial charge >= 0.3 is 15.6 Å². The zero-order valence-electron chi connectivity index (χ0n) is 16.9. The van der Waals surface area contributed by atoms with Gasteiger partial charge in [0.2, 0.25) is 0 Å². The molecule has 0 aliphatic rings. The first kappa shape index (κ1) is 28.5. The second-order valence-corrected chi connectivity index (χ2v) is 6.94. The summed E-state index contributed by atoms with van der Waals surface area (Å²) in [5.41, 5.74) is -3.24. The van der Waals surface area contributed by atoms with Gasteiger partial charge in [-0.2, -0.15) is 45.2 Å². The number of rotatable bonds is 3. The van der Waals surface area contributed by atoms with E-state index in [9.17, 15) is 21.6 Å². The summed E-state index contributed by atoms with van der Waals surface area (Å²) in [4.78, 5) is 0. The largest absolute Gasteiger partial charge is 0.523 e. The molecule has 0 bridgehead atoms. The van der Waals surface area contributed by atoms with Gasteiger partial charge < -0.3 is 0 Å². The first-order valence-corrected chi connectivity index (χ1v) is 9.96. The van der Waals surface area contributed by atoms with E-state index in [1.165, 1.54) is 16.2 Å². The van der Waals surface area contributed by atoms with Crippen LogP contribution in [0.3, 0.4) is 0 Å². The summed E-state index contributed by atoms with van der Waals surface area (Å²) in [5.74, 6) is 0. The maximum Gasteiger partial charge on any atom is 0.523 e. The van der Waals surface area contributed by atoms with Crippen LogP contribution in [0.2, 0.25) is 0 Å². The molecule has 0 heterocycles. The summed E-state index contributed by atoms with van der Waals surface area (Å²) in [7, 11) is -4.89. The summed E-state index contributed by atoms with van der Waals surface area (Å²) in [5, 5.41) is 4.65. The van der Waals surface area contributed by atoms with Crippen LogP contribution in [-0.2, 0) is 47.0 Å². The zero-order valence-corrected chi connectivity index (χ0v) is 20.5. The molecular formula is C22H21F3O3SY-2. The SMILES string of the molecule is C=[C-]c1c(C=C)c2ccccc2c2ccc[c-]c12.CC.COS(=O)(=O)C(F)(F)F.[Y]. The van der Waals surface area contributed by atoms with Gasteiger partial charge in [-0.25, -0.2) is 17.5 Å². The molecule has 0 aromatic heterocycles. The fourth-order valence-corrected chi connectivity index (χ4v) is 2.77. The molecule has 8 heteroatoms. The van der Waals surface area contributed by atoms with Crippen molar-refractivity contribution in [3.05, 3.63) is 78.9 Å². The molecule has 3 aromatic carbocycles. The van der Waals surface area contributed by atoms with Gasteiger partial charge in [0, 0.05) is 32.7 Å². The van der Waals surface area contributed by atoms with Gasteiger partial charge in [0.05, 0.1) is 7.11 Å². The second-order valence-electron chi connectivity index (χ2n) is 5.24. The van der Waals surface area contributed by atoms with E-state index in [0.29, 0.717) is 7.11 Å². The standard InChI is InChI=1S/C18H12.C2H3F3O3S.C2H6.Y/c1-3-13-14(4-2)16-10-6-8-12-18(16)17-11-7-5-9-15(13)17;1-8-9(6,7)2(3,4)5;1-2;/h3,5-9,11-12H,1-2H2;1H3;1-2H3;/q-2;;;. The Morgan fingerprint density at radius 3 is 2.03 bits per heavy atom. The Kier molecular flexibility index (Phi) is 11.7. The molecule has 3 nitrogen and oxygen atoms in total. The first-order chi connectivity index (χ1) is 13.7. The van der Waals surface area contributed by atoms with Crippen LogP contribution < -0.4 is 0 Å². The minimum Gasteiger partial charge on any atom is -0.267 e. The molecule has 0 atom stereocenters. The van der Waals surface area contributed by atoms with Crippen molar-refractivity contribution in [1.82, 2.24) is 0 Å². The van der Waals surface area contributed by atoms with E-state index < -0.39 is 15.6 Å². The molecule has 159 valence electrons. The van der Waals surface area contributed by atoms with Crippen LogP contribution in [-0.4, -0.2) is 21.0 Å². The Bertz CT molecular complexity index is 1040. The first-order valence-electron chi connectivity index (χ1n) is 8.55. The van der Waals surface area contributed by atoms with Gasteiger partial charge in [-0.3, -0.25) is 9.75 Å². The maximum absolute atomic E-state index is 11.1. The van der Waals surface area contributed by atoms with Crippen molar-refractivity contribution in [2.24, 2.45) is 0 Å². The van der Waals surface area contributed by atoms with E-state index >= 15 is 0 Å². The van der Waals surface area contributed by atoms with E-state index in [0.717, 1.165) is 16.5 Å². The average Bonchev–Trinajstić information content (AvgIpc) is 2.73. The fraction of sp³-hybridized carbons (Fsp3) is 0.182. The molecule has 3 rings (SSSR count). The Morgan fingerprint density at radius 1 is 1.07 bits per heavy atom. The van der Waals surface area contributed by atoms with E-state index in [1.807, 2.05) is 38.1 Å². The molecule has 30 heavy (non-hydrogen) atoms. The third-order valence-electron chi connectivity index (χ3n) is 3.77. The van der Waals surface area contributed by atoms with Crippen molar-refractivity contribution in [1.29, 1.82) is 0 Å². The van der Waals surface area contributed by atoms with Crippen molar-refractivity contribution < 1.29 is 58.5 Å². The third kappa shape index (κ3) is 6.23. The van der Waals surface area contributed by atoms with Gasteiger partial charge in [0.25, 0.3) is 0 Å². The van der Waals surface area contributed by atoms with Crippen LogP contribution in [0, 0.1) is 12.1 Å². The topological polar surface area (TPSA) is 43.4 Å². The Balaban J connectivity index is 0.000000604. The minimum atomic E-state index is -5.34. The van der Waals surface area contributed by atoms with Crippen LogP contribution in [0.1, 0.15) is 25.0 Å². The summed E-state index contributed by atoms with van der Waals surface area (Å²) in [6, 6.07) is 17.7. The monoisotopic (exact) mass is 511 g/mol. The van der Waals surface area contributed by atoms with Crippen molar-refractivity contribution in [2.45, 2.75) is 19.4 Å². The summed E-state index contributed by atoms with van der Waals surface area (Å²) >= 11 is 0. The van der Waals surface area contributed by atoms with Gasteiger partial charge in [0.15, 0.2) is 0 Å². The third-order valence-corrected chi connectivity index (χ3v) is 4.77. The smallest absolute Gasteiger partial charge is 0.267 e. The van der Waals surface area contributed by atoms with Crippen molar-refractivity contribution >= 4 is 37.7 Å². The Hall–Kier alpha value is -1.54. The number of hydrogen-bond acceptors (Lipinski definition) is 3. The van der Waals surface area contributed by atoms with Crippen molar-refractivity contribution in [3.63, 3.8) is 0 Å². The van der Waals surface area contributed by atoms with Crippen LogP contribution >= 0.6 is 0 Å². The normalized spacial score (nSPS) is 10.7. The van der Waals surface area contributed by atoms with E-state index in [1.54, 1.807) is 0 Å². The van der Waals surface area contributed by atoms with Gasteiger partial charge in [-0.1, -0.05) is 48.9 Å². The molecule has 0 spiro atoms. The van der Waals surface area contributed by atoms with E-state index in [2.05, 4.69) is 53.7 Å². The molecule has 0 saturated heterocycles. The van der Waals surface area contributed by atoms with Crippen molar-refractivity contribution in [3.8, 4) is 0 Å². The summed E-state index contributed by atoms with van der Waals surface area (Å²) in [6.45, 7) is 11.7. The predicted octanol–water partition coefficient (Wildman–Crippen LogP) is 6.28. The quantitative estimate of drug-likeness (QED) is 0.180. The zero-order chi connectivity index (χ0) is 22.2.